The molecule has 8 heteroatoms. The molecule has 2 aromatic carbocycles. The van der Waals surface area contributed by atoms with Gasteiger partial charge in [0.1, 0.15) is 11.5 Å². The van der Waals surface area contributed by atoms with E-state index in [0.717, 1.165) is 79.9 Å². The average molecular weight is 566 g/mol. The van der Waals surface area contributed by atoms with E-state index in [0.29, 0.717) is 19.6 Å². The summed E-state index contributed by atoms with van der Waals surface area (Å²) in [5, 5.41) is 10.6. The lowest BCUT2D eigenvalue weighted by Crippen LogP contribution is -2.45. The van der Waals surface area contributed by atoms with Gasteiger partial charge in [0.05, 0.1) is 26.2 Å². The fourth-order valence-electron chi connectivity index (χ4n) is 6.33. The van der Waals surface area contributed by atoms with Crippen molar-refractivity contribution in [3.63, 3.8) is 0 Å². The molecule has 0 bridgehead atoms. The Morgan fingerprint density at radius 2 is 1.83 bits per heavy atom. The summed E-state index contributed by atoms with van der Waals surface area (Å²) in [6.45, 7) is 5.99. The second-order valence-electron chi connectivity index (χ2n) is 11.7. The molecule has 1 fully saturated rings. The maximum absolute atomic E-state index is 13.8. The predicted molar refractivity (Wildman–Crippen MR) is 161 cm³/mol. The number of carboxylic acids is 1. The first-order valence-corrected chi connectivity index (χ1v) is 15.1. The van der Waals surface area contributed by atoms with Crippen molar-refractivity contribution in [2.45, 2.75) is 57.4 Å². The zero-order valence-corrected chi connectivity index (χ0v) is 25.2. The highest BCUT2D eigenvalue weighted by Gasteiger charge is 2.47. The van der Waals surface area contributed by atoms with Crippen LogP contribution < -0.4 is 9.47 Å². The standard InChI is InChI=1S/C33H47N3O5/c1-5-6-17-35(18-10-9-16-34(2)3)31(37)23-36-22-27(24-13-14-30-26(20-24)15-19-41-30)32(33(38)39)28(36)21-25-11-7-8-12-29(25)40-4/h7-8,11-14,20,27-28,32H,5-6,9-10,15-19,21-23H2,1-4H3,(H,38,39). The number of hydrogen-bond donors (Lipinski definition) is 1. The van der Waals surface area contributed by atoms with Crippen LogP contribution in [0.1, 0.15) is 55.2 Å². The molecule has 0 radical (unpaired) electrons. The van der Waals surface area contributed by atoms with Crippen molar-refractivity contribution < 1.29 is 24.2 Å². The molecular formula is C33H47N3O5. The van der Waals surface area contributed by atoms with Gasteiger partial charge in [-0.25, -0.2) is 0 Å². The van der Waals surface area contributed by atoms with Gasteiger partial charge in [-0.05, 0) is 75.1 Å². The van der Waals surface area contributed by atoms with Crippen molar-refractivity contribution in [3.05, 3.63) is 59.2 Å². The monoisotopic (exact) mass is 565 g/mol. The highest BCUT2D eigenvalue weighted by Crippen LogP contribution is 2.41. The van der Waals surface area contributed by atoms with Crippen LogP contribution in [0.3, 0.4) is 0 Å². The third-order valence-corrected chi connectivity index (χ3v) is 8.55. The van der Waals surface area contributed by atoms with Crippen LogP contribution in [0.2, 0.25) is 0 Å². The molecule has 8 nitrogen and oxygen atoms in total. The van der Waals surface area contributed by atoms with Gasteiger partial charge in [-0.15, -0.1) is 0 Å². The van der Waals surface area contributed by atoms with Crippen LogP contribution in [0, 0.1) is 5.92 Å². The number of carbonyl (C=O) groups is 2. The van der Waals surface area contributed by atoms with Crippen molar-refractivity contribution in [3.8, 4) is 11.5 Å². The zero-order valence-electron chi connectivity index (χ0n) is 25.2. The maximum atomic E-state index is 13.8. The number of unbranched alkanes of at least 4 members (excludes halogenated alkanes) is 2. The van der Waals surface area contributed by atoms with Gasteiger partial charge in [0, 0.05) is 38.0 Å². The molecule has 4 rings (SSSR count). The Morgan fingerprint density at radius 1 is 1.07 bits per heavy atom. The van der Waals surface area contributed by atoms with Crippen LogP contribution in [0.15, 0.2) is 42.5 Å². The molecule has 1 N–H and O–H groups in total. The number of fused-ring (bicyclic) bond motifs is 1. The number of ether oxygens (including phenoxy) is 2. The van der Waals surface area contributed by atoms with Gasteiger partial charge in [-0.3, -0.25) is 14.5 Å². The van der Waals surface area contributed by atoms with E-state index in [1.807, 2.05) is 41.3 Å². The Balaban J connectivity index is 1.61. The molecule has 224 valence electrons. The second kappa shape index (κ2) is 14.7. The number of aliphatic carboxylic acids is 1. The van der Waals surface area contributed by atoms with E-state index in [2.05, 4.69) is 36.9 Å². The number of likely N-dealkylation sites (tertiary alicyclic amines) is 1. The number of nitrogens with zero attached hydrogens (tertiary/aromatic N) is 3. The number of amides is 1. The van der Waals surface area contributed by atoms with Crippen molar-refractivity contribution in [1.29, 1.82) is 0 Å². The number of methoxy groups -OCH3 is 1. The largest absolute Gasteiger partial charge is 0.496 e. The Labute approximate surface area is 245 Å². The molecule has 0 saturated carbocycles. The van der Waals surface area contributed by atoms with Crippen molar-refractivity contribution in [2.24, 2.45) is 5.92 Å². The summed E-state index contributed by atoms with van der Waals surface area (Å²) in [5.74, 6) is 0.00418. The van der Waals surface area contributed by atoms with Gasteiger partial charge in [0.15, 0.2) is 0 Å². The van der Waals surface area contributed by atoms with Gasteiger partial charge in [0.2, 0.25) is 5.91 Å². The zero-order chi connectivity index (χ0) is 29.4. The first-order valence-electron chi connectivity index (χ1n) is 15.1. The minimum Gasteiger partial charge on any atom is -0.496 e. The van der Waals surface area contributed by atoms with E-state index in [1.54, 1.807) is 7.11 Å². The molecule has 2 aromatic rings. The van der Waals surface area contributed by atoms with Crippen LogP contribution in [-0.4, -0.2) is 98.3 Å². The molecule has 0 aliphatic carbocycles. The molecule has 1 amide bonds. The first-order chi connectivity index (χ1) is 19.8. The summed E-state index contributed by atoms with van der Waals surface area (Å²) in [6, 6.07) is 13.5. The molecule has 3 atom stereocenters. The minimum absolute atomic E-state index is 0.0838. The van der Waals surface area contributed by atoms with Crippen LogP contribution in [0.5, 0.6) is 11.5 Å². The van der Waals surface area contributed by atoms with E-state index in [1.165, 1.54) is 0 Å². The van der Waals surface area contributed by atoms with Crippen LogP contribution in [0.25, 0.3) is 0 Å². The van der Waals surface area contributed by atoms with Gasteiger partial charge in [0.25, 0.3) is 0 Å². The van der Waals surface area contributed by atoms with Crippen molar-refractivity contribution >= 4 is 11.9 Å². The second-order valence-corrected chi connectivity index (χ2v) is 11.7. The van der Waals surface area contributed by atoms with E-state index >= 15 is 0 Å². The molecule has 41 heavy (non-hydrogen) atoms. The molecule has 3 unspecified atom stereocenters. The van der Waals surface area contributed by atoms with E-state index < -0.39 is 11.9 Å². The molecule has 1 saturated heterocycles. The number of para-hydroxylation sites is 1. The Bertz CT molecular complexity index is 1170. The normalized spacial score (nSPS) is 20.2. The first kappa shape index (κ1) is 30.8. The van der Waals surface area contributed by atoms with E-state index in [4.69, 9.17) is 9.47 Å². The molecule has 0 spiro atoms. The number of carboxylic acid groups (broad SMARTS) is 1. The molecule has 2 heterocycles. The van der Waals surface area contributed by atoms with Crippen LogP contribution in [0.4, 0.5) is 0 Å². The Morgan fingerprint density at radius 3 is 2.56 bits per heavy atom. The molecule has 2 aliphatic heterocycles. The Kier molecular flexibility index (Phi) is 11.1. The predicted octanol–water partition coefficient (Wildman–Crippen LogP) is 4.31. The lowest BCUT2D eigenvalue weighted by molar-refractivity contribution is -0.143. The Hall–Kier alpha value is -3.10. The average Bonchev–Trinajstić information content (AvgIpc) is 3.57. The summed E-state index contributed by atoms with van der Waals surface area (Å²) in [5.41, 5.74) is 3.09. The lowest BCUT2D eigenvalue weighted by Gasteiger charge is -2.30. The number of rotatable bonds is 15. The summed E-state index contributed by atoms with van der Waals surface area (Å²) in [4.78, 5) is 33.0. The maximum Gasteiger partial charge on any atom is 0.308 e. The third kappa shape index (κ3) is 7.80. The quantitative estimate of drug-likeness (QED) is 0.322. The van der Waals surface area contributed by atoms with Crippen LogP contribution in [-0.2, 0) is 22.4 Å². The summed E-state index contributed by atoms with van der Waals surface area (Å²) in [6.07, 6.45) is 5.30. The summed E-state index contributed by atoms with van der Waals surface area (Å²) < 4.78 is 11.3. The molecule has 0 aromatic heterocycles. The van der Waals surface area contributed by atoms with E-state index in [-0.39, 0.29) is 24.4 Å². The highest BCUT2D eigenvalue weighted by molar-refractivity contribution is 5.79. The number of hydrogen-bond acceptors (Lipinski definition) is 6. The highest BCUT2D eigenvalue weighted by atomic mass is 16.5. The van der Waals surface area contributed by atoms with E-state index in [9.17, 15) is 14.7 Å². The summed E-state index contributed by atoms with van der Waals surface area (Å²) >= 11 is 0. The summed E-state index contributed by atoms with van der Waals surface area (Å²) in [7, 11) is 5.78. The molecular weight excluding hydrogens is 518 g/mol. The van der Waals surface area contributed by atoms with Gasteiger partial charge >= 0.3 is 5.97 Å². The van der Waals surface area contributed by atoms with Crippen molar-refractivity contribution in [1.82, 2.24) is 14.7 Å². The van der Waals surface area contributed by atoms with Gasteiger partial charge in [-0.1, -0.05) is 43.7 Å². The topological polar surface area (TPSA) is 82.5 Å². The number of carbonyl (C=O) groups excluding carboxylic acids is 1. The van der Waals surface area contributed by atoms with Crippen LogP contribution >= 0.6 is 0 Å². The van der Waals surface area contributed by atoms with Crippen molar-refractivity contribution in [2.75, 3.05) is 60.5 Å². The fraction of sp³-hybridized carbons (Fsp3) is 0.576. The minimum atomic E-state index is -0.826. The SMILES string of the molecule is CCCCN(CCCCN(C)C)C(=O)CN1CC(c2ccc3c(c2)CCO3)C(C(=O)O)C1Cc1ccccc1OC. The number of benzene rings is 2. The third-order valence-electron chi connectivity index (χ3n) is 8.55. The lowest BCUT2D eigenvalue weighted by atomic mass is 9.82. The fourth-order valence-corrected chi connectivity index (χ4v) is 6.33. The molecule has 2 aliphatic rings. The van der Waals surface area contributed by atoms with Gasteiger partial charge < -0.3 is 24.4 Å². The smallest absolute Gasteiger partial charge is 0.308 e. The van der Waals surface area contributed by atoms with Gasteiger partial charge in [-0.2, -0.15) is 0 Å².